The van der Waals surface area contributed by atoms with Gasteiger partial charge in [0.1, 0.15) is 0 Å². The topological polar surface area (TPSA) is 20.3 Å². The van der Waals surface area contributed by atoms with Crippen LogP contribution in [0, 0.1) is 12.8 Å². The molecule has 3 rings (SSSR count). The molecule has 1 saturated heterocycles. The molecule has 2 aromatic carbocycles. The van der Waals surface area contributed by atoms with Gasteiger partial charge in [-0.3, -0.25) is 4.79 Å². The first-order chi connectivity index (χ1) is 12.5. The van der Waals surface area contributed by atoms with Crippen molar-refractivity contribution in [3.63, 3.8) is 0 Å². The summed E-state index contributed by atoms with van der Waals surface area (Å²) in [6, 6.07) is 14.4. The van der Waals surface area contributed by atoms with E-state index in [9.17, 15) is 4.79 Å². The predicted molar refractivity (Wildman–Crippen MR) is 110 cm³/mol. The van der Waals surface area contributed by atoms with Gasteiger partial charge in [-0.1, -0.05) is 51.1 Å². The van der Waals surface area contributed by atoms with E-state index in [2.05, 4.69) is 49.9 Å². The molecule has 0 aliphatic carbocycles. The Morgan fingerprint density at radius 1 is 1.04 bits per heavy atom. The van der Waals surface area contributed by atoms with Gasteiger partial charge in [0, 0.05) is 29.9 Å². The Morgan fingerprint density at radius 2 is 1.81 bits per heavy atom. The molecular weight excluding hydrogens is 318 g/mol. The van der Waals surface area contributed by atoms with Gasteiger partial charge in [-0.25, -0.2) is 0 Å². The van der Waals surface area contributed by atoms with E-state index in [1.54, 1.807) is 0 Å². The van der Waals surface area contributed by atoms with Crippen LogP contribution in [0.1, 0.15) is 73.0 Å². The van der Waals surface area contributed by atoms with Gasteiger partial charge in [0.05, 0.1) is 0 Å². The highest BCUT2D eigenvalue weighted by Gasteiger charge is 2.19. The van der Waals surface area contributed by atoms with Crippen LogP contribution < -0.4 is 4.90 Å². The molecule has 2 aromatic rings. The van der Waals surface area contributed by atoms with Crippen LogP contribution in [0.15, 0.2) is 42.5 Å². The molecule has 1 atom stereocenters. The highest BCUT2D eigenvalue weighted by molar-refractivity contribution is 6.11. The van der Waals surface area contributed by atoms with Crippen molar-refractivity contribution in [1.29, 1.82) is 0 Å². The number of ketones is 1. The van der Waals surface area contributed by atoms with Gasteiger partial charge in [-0.2, -0.15) is 0 Å². The largest absolute Gasteiger partial charge is 0.372 e. The van der Waals surface area contributed by atoms with Crippen LogP contribution in [0.3, 0.4) is 0 Å². The highest BCUT2D eigenvalue weighted by Crippen LogP contribution is 2.28. The molecule has 0 spiro atoms. The Hall–Kier alpha value is -2.09. The molecule has 138 valence electrons. The Bertz CT molecular complexity index is 778. The number of hydrogen-bond donors (Lipinski definition) is 0. The molecule has 1 fully saturated rings. The van der Waals surface area contributed by atoms with Crippen molar-refractivity contribution in [1.82, 2.24) is 0 Å². The van der Waals surface area contributed by atoms with Gasteiger partial charge in [0.2, 0.25) is 0 Å². The van der Waals surface area contributed by atoms with Crippen molar-refractivity contribution in [3.05, 3.63) is 64.7 Å². The maximum Gasteiger partial charge on any atom is 0.193 e. The lowest BCUT2D eigenvalue weighted by Crippen LogP contribution is -2.24. The smallest absolute Gasteiger partial charge is 0.193 e. The summed E-state index contributed by atoms with van der Waals surface area (Å²) >= 11 is 0. The average Bonchev–Trinajstić information content (AvgIpc) is 2.86. The maximum absolute atomic E-state index is 13.3. The zero-order valence-corrected chi connectivity index (χ0v) is 16.6. The van der Waals surface area contributed by atoms with Crippen LogP contribution in [0.4, 0.5) is 5.69 Å². The third kappa shape index (κ3) is 4.00. The number of nitrogens with zero attached hydrogens (tertiary/aromatic N) is 1. The van der Waals surface area contributed by atoms with Gasteiger partial charge in [0.25, 0.3) is 0 Å². The van der Waals surface area contributed by atoms with Crippen molar-refractivity contribution in [3.8, 4) is 0 Å². The standard InChI is InChI=1S/C24H31NO/c1-17(2)21-9-5-6-10-22(21)24(26)23-16-20(12-11-19(23)4)25-14-7-8-18(3)13-15-25/h5-6,9-12,16-18H,7-8,13-15H2,1-4H3. The summed E-state index contributed by atoms with van der Waals surface area (Å²) in [5.74, 6) is 1.28. The Morgan fingerprint density at radius 3 is 2.58 bits per heavy atom. The monoisotopic (exact) mass is 349 g/mol. The highest BCUT2D eigenvalue weighted by atomic mass is 16.1. The summed E-state index contributed by atoms with van der Waals surface area (Å²) in [7, 11) is 0. The third-order valence-corrected chi connectivity index (χ3v) is 5.68. The molecule has 1 aliphatic rings. The second-order valence-electron chi connectivity index (χ2n) is 8.09. The van der Waals surface area contributed by atoms with E-state index < -0.39 is 0 Å². The lowest BCUT2D eigenvalue weighted by molar-refractivity contribution is 0.103. The molecule has 0 radical (unpaired) electrons. The van der Waals surface area contributed by atoms with Gasteiger partial charge in [0.15, 0.2) is 5.78 Å². The van der Waals surface area contributed by atoms with Crippen molar-refractivity contribution >= 4 is 11.5 Å². The molecule has 2 nitrogen and oxygen atoms in total. The van der Waals surface area contributed by atoms with Crippen molar-refractivity contribution in [2.45, 2.75) is 52.9 Å². The molecule has 0 N–H and O–H groups in total. The second kappa shape index (κ2) is 8.07. The summed E-state index contributed by atoms with van der Waals surface area (Å²) in [6.45, 7) is 10.8. The number of carbonyl (C=O) groups is 1. The quantitative estimate of drug-likeness (QED) is 0.633. The molecule has 1 aliphatic heterocycles. The Balaban J connectivity index is 1.94. The zero-order valence-electron chi connectivity index (χ0n) is 16.6. The summed E-state index contributed by atoms with van der Waals surface area (Å²) < 4.78 is 0. The van der Waals surface area contributed by atoms with E-state index in [0.29, 0.717) is 5.92 Å². The number of benzene rings is 2. The summed E-state index contributed by atoms with van der Waals surface area (Å²) in [6.07, 6.45) is 3.76. The van der Waals surface area contributed by atoms with Crippen LogP contribution in [0.5, 0.6) is 0 Å². The molecule has 26 heavy (non-hydrogen) atoms. The molecule has 1 unspecified atom stereocenters. The fourth-order valence-corrected chi connectivity index (χ4v) is 3.92. The minimum absolute atomic E-state index is 0.150. The molecule has 0 amide bonds. The number of carbonyl (C=O) groups excluding carboxylic acids is 1. The molecule has 0 aromatic heterocycles. The maximum atomic E-state index is 13.3. The van der Waals surface area contributed by atoms with Gasteiger partial charge in [-0.05, 0) is 61.3 Å². The zero-order chi connectivity index (χ0) is 18.7. The van der Waals surface area contributed by atoms with Crippen molar-refractivity contribution in [2.75, 3.05) is 18.0 Å². The summed E-state index contributed by atoms with van der Waals surface area (Å²) in [5.41, 5.74) is 5.06. The summed E-state index contributed by atoms with van der Waals surface area (Å²) in [4.78, 5) is 15.8. The molecule has 2 heteroatoms. The normalized spacial score (nSPS) is 18.0. The van der Waals surface area contributed by atoms with Crippen molar-refractivity contribution < 1.29 is 4.79 Å². The molecule has 0 saturated carbocycles. The lowest BCUT2D eigenvalue weighted by atomic mass is 9.90. The van der Waals surface area contributed by atoms with E-state index in [4.69, 9.17) is 0 Å². The lowest BCUT2D eigenvalue weighted by Gasteiger charge is -2.24. The summed E-state index contributed by atoms with van der Waals surface area (Å²) in [5, 5.41) is 0. The van der Waals surface area contributed by atoms with E-state index >= 15 is 0 Å². The van der Waals surface area contributed by atoms with Gasteiger partial charge < -0.3 is 4.90 Å². The van der Waals surface area contributed by atoms with Gasteiger partial charge in [-0.15, -0.1) is 0 Å². The van der Waals surface area contributed by atoms with Crippen LogP contribution >= 0.6 is 0 Å². The van der Waals surface area contributed by atoms with Gasteiger partial charge >= 0.3 is 0 Å². The molecule has 1 heterocycles. The van der Waals surface area contributed by atoms with Crippen molar-refractivity contribution in [2.24, 2.45) is 5.92 Å². The Labute approximate surface area is 158 Å². The predicted octanol–water partition coefficient (Wildman–Crippen LogP) is 5.98. The van der Waals surface area contributed by atoms with E-state index in [1.165, 1.54) is 24.9 Å². The van der Waals surface area contributed by atoms with Crippen LogP contribution in [0.2, 0.25) is 0 Å². The molecular formula is C24H31NO. The third-order valence-electron chi connectivity index (χ3n) is 5.68. The number of anilines is 1. The first kappa shape index (κ1) is 18.7. The first-order valence-corrected chi connectivity index (χ1v) is 9.96. The SMILES string of the molecule is Cc1ccc(N2CCCC(C)CC2)cc1C(=O)c1ccccc1C(C)C. The van der Waals surface area contributed by atoms with E-state index in [-0.39, 0.29) is 5.78 Å². The minimum atomic E-state index is 0.150. The minimum Gasteiger partial charge on any atom is -0.372 e. The Kier molecular flexibility index (Phi) is 5.80. The number of rotatable bonds is 4. The van der Waals surface area contributed by atoms with Crippen LogP contribution in [0.25, 0.3) is 0 Å². The van der Waals surface area contributed by atoms with E-state index in [0.717, 1.165) is 41.3 Å². The number of aryl methyl sites for hydroxylation is 1. The van der Waals surface area contributed by atoms with Crippen LogP contribution in [-0.4, -0.2) is 18.9 Å². The van der Waals surface area contributed by atoms with Crippen LogP contribution in [-0.2, 0) is 0 Å². The fraction of sp³-hybridized carbons (Fsp3) is 0.458. The van der Waals surface area contributed by atoms with E-state index in [1.807, 2.05) is 25.1 Å². The molecule has 0 bridgehead atoms. The second-order valence-corrected chi connectivity index (χ2v) is 8.09. The number of hydrogen-bond acceptors (Lipinski definition) is 2. The fourth-order valence-electron chi connectivity index (χ4n) is 3.92. The first-order valence-electron chi connectivity index (χ1n) is 9.96. The average molecular weight is 350 g/mol.